The zero-order chi connectivity index (χ0) is 17.8. The molecule has 0 aliphatic carbocycles. The third-order valence-electron chi connectivity index (χ3n) is 3.65. The summed E-state index contributed by atoms with van der Waals surface area (Å²) < 4.78 is 1.46. The Morgan fingerprint density at radius 2 is 1.68 bits per heavy atom. The quantitative estimate of drug-likeness (QED) is 0.734. The lowest BCUT2D eigenvalue weighted by Gasteiger charge is -2.10. The van der Waals surface area contributed by atoms with Crippen LogP contribution in [0.1, 0.15) is 15.9 Å². The van der Waals surface area contributed by atoms with Gasteiger partial charge < -0.3 is 9.88 Å². The maximum Gasteiger partial charge on any atom is 0.257 e. The molecule has 1 N–H and O–H groups in total. The van der Waals surface area contributed by atoms with Gasteiger partial charge in [0.1, 0.15) is 0 Å². The van der Waals surface area contributed by atoms with E-state index in [0.717, 1.165) is 5.56 Å². The number of benzene rings is 2. The molecule has 1 amide bonds. The third kappa shape index (κ3) is 4.29. The highest BCUT2D eigenvalue weighted by atomic mass is 35.5. The molecule has 0 bridgehead atoms. The van der Waals surface area contributed by atoms with Crippen LogP contribution in [0.4, 0.5) is 5.69 Å². The van der Waals surface area contributed by atoms with Gasteiger partial charge in [0.25, 0.3) is 11.5 Å². The van der Waals surface area contributed by atoms with Gasteiger partial charge in [-0.3, -0.25) is 9.59 Å². The van der Waals surface area contributed by atoms with Gasteiger partial charge in [-0.05, 0) is 42.0 Å². The highest BCUT2D eigenvalue weighted by molar-refractivity contribution is 6.31. The van der Waals surface area contributed by atoms with E-state index in [1.165, 1.54) is 22.9 Å². The van der Waals surface area contributed by atoms with Crippen molar-refractivity contribution < 1.29 is 4.79 Å². The molecule has 0 atom stereocenters. The Kier molecular flexibility index (Phi) is 5.22. The average molecular weight is 373 g/mol. The molecule has 0 aliphatic rings. The molecule has 0 fully saturated rings. The summed E-state index contributed by atoms with van der Waals surface area (Å²) in [6, 6.07) is 16.9. The molecule has 3 aromatic rings. The number of anilines is 1. The van der Waals surface area contributed by atoms with E-state index >= 15 is 0 Å². The first-order chi connectivity index (χ1) is 12.0. The number of amides is 1. The Morgan fingerprint density at radius 3 is 2.40 bits per heavy atom. The minimum Gasteiger partial charge on any atom is -0.322 e. The van der Waals surface area contributed by atoms with E-state index < -0.39 is 0 Å². The number of aromatic nitrogens is 1. The monoisotopic (exact) mass is 372 g/mol. The molecule has 0 aliphatic heterocycles. The standard InChI is InChI=1S/C19H14Cl2N2O2/c20-15-6-8-16(9-7-15)22-19(25)14-5-10-18(24)23(12-14)11-13-3-1-2-4-17(13)21/h1-10,12H,11H2,(H,22,25). The first-order valence-corrected chi connectivity index (χ1v) is 8.29. The predicted octanol–water partition coefficient (Wildman–Crippen LogP) is 4.46. The summed E-state index contributed by atoms with van der Waals surface area (Å²) in [5, 5.41) is 3.93. The number of carbonyl (C=O) groups is 1. The summed E-state index contributed by atoms with van der Waals surface area (Å²) in [4.78, 5) is 24.5. The third-order valence-corrected chi connectivity index (χ3v) is 4.27. The molecule has 4 nitrogen and oxygen atoms in total. The van der Waals surface area contributed by atoms with E-state index in [9.17, 15) is 9.59 Å². The van der Waals surface area contributed by atoms with Crippen LogP contribution in [0.2, 0.25) is 10.0 Å². The fraction of sp³-hybridized carbons (Fsp3) is 0.0526. The van der Waals surface area contributed by atoms with Crippen LogP contribution in [0.25, 0.3) is 0 Å². The second kappa shape index (κ2) is 7.55. The van der Waals surface area contributed by atoms with Crippen LogP contribution < -0.4 is 10.9 Å². The Bertz CT molecular complexity index is 966. The van der Waals surface area contributed by atoms with Crippen LogP contribution in [0.3, 0.4) is 0 Å². The zero-order valence-electron chi connectivity index (χ0n) is 13.1. The van der Waals surface area contributed by atoms with Gasteiger partial charge >= 0.3 is 0 Å². The normalized spacial score (nSPS) is 10.5. The number of rotatable bonds is 4. The van der Waals surface area contributed by atoms with Crippen molar-refractivity contribution in [2.45, 2.75) is 6.54 Å². The lowest BCUT2D eigenvalue weighted by Crippen LogP contribution is -2.22. The number of nitrogens with one attached hydrogen (secondary N) is 1. The molecule has 1 aromatic heterocycles. The number of halogens is 2. The van der Waals surface area contributed by atoms with Gasteiger partial charge in [0, 0.05) is 28.0 Å². The van der Waals surface area contributed by atoms with Gasteiger partial charge in [-0.2, -0.15) is 0 Å². The maximum absolute atomic E-state index is 12.4. The zero-order valence-corrected chi connectivity index (χ0v) is 14.6. The van der Waals surface area contributed by atoms with E-state index in [2.05, 4.69) is 5.32 Å². The second-order valence-electron chi connectivity index (χ2n) is 5.44. The first-order valence-electron chi connectivity index (χ1n) is 7.54. The van der Waals surface area contributed by atoms with Crippen LogP contribution in [0.15, 0.2) is 71.7 Å². The van der Waals surface area contributed by atoms with Gasteiger partial charge in [-0.25, -0.2) is 0 Å². The molecule has 0 radical (unpaired) electrons. The Balaban J connectivity index is 1.83. The summed E-state index contributed by atoms with van der Waals surface area (Å²) >= 11 is 12.0. The number of hydrogen-bond acceptors (Lipinski definition) is 2. The van der Waals surface area contributed by atoms with E-state index in [-0.39, 0.29) is 11.5 Å². The van der Waals surface area contributed by atoms with Gasteiger partial charge in [-0.15, -0.1) is 0 Å². The Labute approximate surface area is 154 Å². The highest BCUT2D eigenvalue weighted by Crippen LogP contribution is 2.16. The SMILES string of the molecule is O=C(Nc1ccc(Cl)cc1)c1ccc(=O)n(Cc2ccccc2Cl)c1. The molecule has 2 aromatic carbocycles. The molecule has 6 heteroatoms. The van der Waals surface area contributed by atoms with E-state index in [0.29, 0.717) is 27.8 Å². The number of nitrogens with zero attached hydrogens (tertiary/aromatic N) is 1. The summed E-state index contributed by atoms with van der Waals surface area (Å²) in [6.45, 7) is 0.292. The topological polar surface area (TPSA) is 51.1 Å². The summed E-state index contributed by atoms with van der Waals surface area (Å²) in [5.41, 5.74) is 1.60. The van der Waals surface area contributed by atoms with E-state index in [4.69, 9.17) is 23.2 Å². The van der Waals surface area contributed by atoms with Crippen molar-refractivity contribution in [1.82, 2.24) is 4.57 Å². The Morgan fingerprint density at radius 1 is 0.960 bits per heavy atom. The molecule has 25 heavy (non-hydrogen) atoms. The maximum atomic E-state index is 12.4. The van der Waals surface area contributed by atoms with Crippen LogP contribution >= 0.6 is 23.2 Å². The van der Waals surface area contributed by atoms with Gasteiger partial charge in [-0.1, -0.05) is 41.4 Å². The largest absolute Gasteiger partial charge is 0.322 e. The van der Waals surface area contributed by atoms with Crippen LogP contribution in [0.5, 0.6) is 0 Å². The number of pyridine rings is 1. The summed E-state index contributed by atoms with van der Waals surface area (Å²) in [5.74, 6) is -0.310. The second-order valence-corrected chi connectivity index (χ2v) is 6.28. The summed E-state index contributed by atoms with van der Waals surface area (Å²) in [7, 11) is 0. The van der Waals surface area contributed by atoms with Crippen LogP contribution in [0, 0.1) is 0 Å². The molecule has 1 heterocycles. The molecule has 0 spiro atoms. The van der Waals surface area contributed by atoms with Crippen LogP contribution in [-0.2, 0) is 6.54 Å². The molecular formula is C19H14Cl2N2O2. The van der Waals surface area contributed by atoms with Crippen molar-refractivity contribution in [2.24, 2.45) is 0 Å². The molecule has 0 unspecified atom stereocenters. The van der Waals surface area contributed by atoms with Crippen molar-refractivity contribution in [1.29, 1.82) is 0 Å². The molecular weight excluding hydrogens is 359 g/mol. The van der Waals surface area contributed by atoms with Crippen molar-refractivity contribution in [3.05, 3.63) is 98.4 Å². The van der Waals surface area contributed by atoms with Gasteiger partial charge in [0.15, 0.2) is 0 Å². The van der Waals surface area contributed by atoms with Crippen molar-refractivity contribution in [3.8, 4) is 0 Å². The van der Waals surface area contributed by atoms with Gasteiger partial charge in [0.05, 0.1) is 12.1 Å². The Hall–Kier alpha value is -2.56. The summed E-state index contributed by atoms with van der Waals surface area (Å²) in [6.07, 6.45) is 1.52. The average Bonchev–Trinajstić information content (AvgIpc) is 2.60. The van der Waals surface area contributed by atoms with Gasteiger partial charge in [0.2, 0.25) is 0 Å². The predicted molar refractivity (Wildman–Crippen MR) is 101 cm³/mol. The smallest absolute Gasteiger partial charge is 0.257 e. The number of carbonyl (C=O) groups excluding carboxylic acids is 1. The first kappa shape index (κ1) is 17.3. The van der Waals surface area contributed by atoms with Crippen LogP contribution in [-0.4, -0.2) is 10.5 Å². The lowest BCUT2D eigenvalue weighted by atomic mass is 10.2. The highest BCUT2D eigenvalue weighted by Gasteiger charge is 2.09. The molecule has 3 rings (SSSR count). The fourth-order valence-electron chi connectivity index (χ4n) is 2.34. The lowest BCUT2D eigenvalue weighted by molar-refractivity contribution is 0.102. The van der Waals surface area contributed by atoms with Crippen molar-refractivity contribution in [2.75, 3.05) is 5.32 Å². The van der Waals surface area contributed by atoms with E-state index in [1.54, 1.807) is 30.3 Å². The molecule has 0 saturated heterocycles. The fourth-order valence-corrected chi connectivity index (χ4v) is 2.66. The number of hydrogen-bond donors (Lipinski definition) is 1. The molecule has 126 valence electrons. The molecule has 0 saturated carbocycles. The minimum absolute atomic E-state index is 0.206. The minimum atomic E-state index is -0.310. The van der Waals surface area contributed by atoms with Crippen molar-refractivity contribution >= 4 is 34.8 Å². The van der Waals surface area contributed by atoms with E-state index in [1.807, 2.05) is 18.2 Å². The van der Waals surface area contributed by atoms with Crippen molar-refractivity contribution in [3.63, 3.8) is 0 Å².